The molecule has 3 N–H and O–H groups in total. The van der Waals surface area contributed by atoms with Gasteiger partial charge in [0.15, 0.2) is 0 Å². The van der Waals surface area contributed by atoms with Gasteiger partial charge in [-0.25, -0.2) is 9.36 Å². The fourth-order valence-electron chi connectivity index (χ4n) is 2.15. The Morgan fingerprint density at radius 2 is 1.62 bits per heavy atom. The zero-order chi connectivity index (χ0) is 17.1. The summed E-state index contributed by atoms with van der Waals surface area (Å²) >= 11 is 0. The predicted octanol–water partition coefficient (Wildman–Crippen LogP) is 1.69. The Balaban J connectivity index is 2.10. The molecule has 0 fully saturated rings. The Morgan fingerprint density at radius 3 is 2.29 bits per heavy atom. The Kier molecular flexibility index (Phi) is 3.98. The van der Waals surface area contributed by atoms with E-state index in [0.717, 1.165) is 4.57 Å². The van der Waals surface area contributed by atoms with Crippen molar-refractivity contribution < 1.29 is 10.2 Å². The summed E-state index contributed by atoms with van der Waals surface area (Å²) in [5.41, 5.74) is -0.746. The van der Waals surface area contributed by atoms with Crippen LogP contribution < -0.4 is 11.2 Å². The molecule has 0 aliphatic heterocycles. The maximum atomic E-state index is 12.0. The van der Waals surface area contributed by atoms with E-state index in [4.69, 9.17) is 0 Å². The molecule has 0 unspecified atom stereocenters. The highest BCUT2D eigenvalue weighted by Crippen LogP contribution is 2.18. The molecule has 24 heavy (non-hydrogen) atoms. The third-order valence-corrected chi connectivity index (χ3v) is 3.33. The minimum absolute atomic E-state index is 0.0901. The Bertz CT molecular complexity index is 1000. The minimum Gasteiger partial charge on any atom is -0.508 e. The second-order valence-corrected chi connectivity index (χ2v) is 4.94. The van der Waals surface area contributed by atoms with Crippen molar-refractivity contribution in [2.45, 2.75) is 0 Å². The first-order valence-corrected chi connectivity index (χ1v) is 7.03. The van der Waals surface area contributed by atoms with Crippen molar-refractivity contribution in [3.05, 3.63) is 81.0 Å². The normalized spacial score (nSPS) is 11.0. The molecule has 0 radical (unpaired) electrons. The van der Waals surface area contributed by atoms with Crippen molar-refractivity contribution in [3.8, 4) is 17.3 Å². The fourth-order valence-corrected chi connectivity index (χ4v) is 2.15. The molecule has 7 heteroatoms. The monoisotopic (exact) mass is 323 g/mol. The maximum Gasteiger partial charge on any atom is 0.335 e. The summed E-state index contributed by atoms with van der Waals surface area (Å²) in [5, 5.41) is 19.6. The summed E-state index contributed by atoms with van der Waals surface area (Å²) in [6.45, 7) is 0. The van der Waals surface area contributed by atoms with Gasteiger partial charge >= 0.3 is 5.69 Å². The largest absolute Gasteiger partial charge is 0.508 e. The number of nitrogens with zero attached hydrogens (tertiary/aromatic N) is 2. The van der Waals surface area contributed by atoms with Gasteiger partial charge < -0.3 is 10.2 Å². The molecular formula is C17H13N3O4. The van der Waals surface area contributed by atoms with Crippen LogP contribution in [0.2, 0.25) is 0 Å². The summed E-state index contributed by atoms with van der Waals surface area (Å²) in [6.07, 6.45) is 1.17. The molecule has 0 aliphatic carbocycles. The van der Waals surface area contributed by atoms with Gasteiger partial charge in [0, 0.05) is 6.21 Å². The lowest BCUT2D eigenvalue weighted by molar-refractivity contribution is 0.430. The summed E-state index contributed by atoms with van der Waals surface area (Å²) in [6, 6.07) is 14.4. The molecule has 0 saturated carbocycles. The Hall–Kier alpha value is -3.61. The van der Waals surface area contributed by atoms with E-state index in [1.54, 1.807) is 42.5 Å². The highest BCUT2D eigenvalue weighted by molar-refractivity contribution is 5.84. The van der Waals surface area contributed by atoms with Gasteiger partial charge in [-0.15, -0.1) is 0 Å². The number of phenols is 1. The number of hydrogen-bond donors (Lipinski definition) is 3. The number of aromatic hydroxyl groups is 2. The number of H-pyrrole nitrogens is 1. The van der Waals surface area contributed by atoms with Crippen LogP contribution in [0.1, 0.15) is 5.56 Å². The van der Waals surface area contributed by atoms with Crippen molar-refractivity contribution in [2.24, 2.45) is 4.99 Å². The van der Waals surface area contributed by atoms with Crippen LogP contribution in [0.25, 0.3) is 5.69 Å². The Morgan fingerprint density at radius 1 is 0.958 bits per heavy atom. The average molecular weight is 323 g/mol. The zero-order valence-electron chi connectivity index (χ0n) is 12.4. The minimum atomic E-state index is -0.745. The van der Waals surface area contributed by atoms with Crippen molar-refractivity contribution >= 4 is 11.9 Å². The van der Waals surface area contributed by atoms with Crippen molar-refractivity contribution in [1.82, 2.24) is 9.55 Å². The topological polar surface area (TPSA) is 108 Å². The molecule has 0 atom stereocenters. The molecule has 120 valence electrons. The molecule has 0 saturated heterocycles. The molecule has 3 aromatic rings. The third kappa shape index (κ3) is 2.95. The molecule has 2 aromatic carbocycles. The van der Waals surface area contributed by atoms with Crippen LogP contribution >= 0.6 is 0 Å². The summed E-state index contributed by atoms with van der Waals surface area (Å²) in [5.74, 6) is -0.412. The number of benzene rings is 2. The van der Waals surface area contributed by atoms with Gasteiger partial charge in [-0.05, 0) is 36.4 Å². The van der Waals surface area contributed by atoms with Gasteiger partial charge in [-0.1, -0.05) is 18.2 Å². The van der Waals surface area contributed by atoms with E-state index in [9.17, 15) is 19.8 Å². The van der Waals surface area contributed by atoms with Crippen LogP contribution in [-0.2, 0) is 0 Å². The summed E-state index contributed by atoms with van der Waals surface area (Å²) in [4.78, 5) is 30.2. The molecule has 0 bridgehead atoms. The van der Waals surface area contributed by atoms with E-state index in [0.29, 0.717) is 11.4 Å². The van der Waals surface area contributed by atoms with Gasteiger partial charge in [0.2, 0.25) is 5.88 Å². The molecule has 0 amide bonds. The smallest absolute Gasteiger partial charge is 0.335 e. The van der Waals surface area contributed by atoms with Gasteiger partial charge in [0.25, 0.3) is 5.56 Å². The lowest BCUT2D eigenvalue weighted by Gasteiger charge is -2.09. The second-order valence-electron chi connectivity index (χ2n) is 4.94. The molecular weight excluding hydrogens is 310 g/mol. The lowest BCUT2D eigenvalue weighted by Crippen LogP contribution is -2.31. The first-order chi connectivity index (χ1) is 11.6. The highest BCUT2D eigenvalue weighted by atomic mass is 16.3. The third-order valence-electron chi connectivity index (χ3n) is 3.33. The number of aromatic amines is 1. The highest BCUT2D eigenvalue weighted by Gasteiger charge is 2.13. The lowest BCUT2D eigenvalue weighted by atomic mass is 10.2. The number of hydrogen-bond acceptors (Lipinski definition) is 5. The summed E-state index contributed by atoms with van der Waals surface area (Å²) in [7, 11) is 0. The van der Waals surface area contributed by atoms with Crippen molar-refractivity contribution in [1.29, 1.82) is 0 Å². The van der Waals surface area contributed by atoms with Crippen molar-refractivity contribution in [3.63, 3.8) is 0 Å². The first kappa shape index (κ1) is 15.3. The van der Waals surface area contributed by atoms with Crippen LogP contribution in [0.5, 0.6) is 11.6 Å². The predicted molar refractivity (Wildman–Crippen MR) is 89.7 cm³/mol. The number of para-hydroxylation sites is 1. The zero-order valence-corrected chi connectivity index (χ0v) is 12.4. The van der Waals surface area contributed by atoms with Crippen LogP contribution in [0.4, 0.5) is 5.69 Å². The number of rotatable bonds is 3. The molecule has 1 heterocycles. The number of aliphatic imine (C=N–C) groups is 1. The Labute approximate surface area is 135 Å². The van der Waals surface area contributed by atoms with Crippen LogP contribution in [0.3, 0.4) is 0 Å². The van der Waals surface area contributed by atoms with Gasteiger partial charge in [-0.2, -0.15) is 0 Å². The number of aromatic nitrogens is 2. The SMILES string of the molecule is O=c1[nH]c(=O)n(-c2ccccc2)c(O)c1C=Nc1ccc(O)cc1. The van der Waals surface area contributed by atoms with E-state index < -0.39 is 17.1 Å². The number of nitrogens with one attached hydrogen (secondary N) is 1. The van der Waals surface area contributed by atoms with E-state index >= 15 is 0 Å². The number of phenolic OH excluding ortho intramolecular Hbond substituents is 1. The fraction of sp³-hybridized carbons (Fsp3) is 0. The van der Waals surface area contributed by atoms with Gasteiger partial charge in [0.1, 0.15) is 11.3 Å². The van der Waals surface area contributed by atoms with Gasteiger partial charge in [-0.3, -0.25) is 14.8 Å². The molecule has 0 aliphatic rings. The van der Waals surface area contributed by atoms with Crippen molar-refractivity contribution in [2.75, 3.05) is 0 Å². The average Bonchev–Trinajstić information content (AvgIpc) is 2.57. The van der Waals surface area contributed by atoms with E-state index in [2.05, 4.69) is 9.98 Å². The standard InChI is InChI=1S/C17H13N3O4/c21-13-8-6-11(7-9-13)18-10-14-15(22)19-17(24)20(16(14)23)12-4-2-1-3-5-12/h1-10,21,23H,(H,19,22,24). The van der Waals surface area contributed by atoms with Crippen LogP contribution in [-0.4, -0.2) is 26.0 Å². The molecule has 0 spiro atoms. The maximum absolute atomic E-state index is 12.0. The van der Waals surface area contributed by atoms with E-state index in [1.807, 2.05) is 0 Å². The van der Waals surface area contributed by atoms with E-state index in [1.165, 1.54) is 18.3 Å². The van der Waals surface area contributed by atoms with E-state index in [-0.39, 0.29) is 11.3 Å². The summed E-state index contributed by atoms with van der Waals surface area (Å²) < 4.78 is 0.986. The quantitative estimate of drug-likeness (QED) is 0.637. The second kappa shape index (κ2) is 6.25. The molecule has 7 nitrogen and oxygen atoms in total. The van der Waals surface area contributed by atoms with Crippen LogP contribution in [0.15, 0.2) is 69.2 Å². The van der Waals surface area contributed by atoms with Crippen LogP contribution in [0, 0.1) is 0 Å². The molecule has 1 aromatic heterocycles. The van der Waals surface area contributed by atoms with Gasteiger partial charge in [0.05, 0.1) is 11.4 Å². The first-order valence-electron chi connectivity index (χ1n) is 7.03. The molecule has 3 rings (SSSR count).